The van der Waals surface area contributed by atoms with Crippen LogP contribution in [0.3, 0.4) is 0 Å². The number of rotatable bonds is 3. The van der Waals surface area contributed by atoms with E-state index in [1.165, 1.54) is 5.57 Å². The lowest BCUT2D eigenvalue weighted by atomic mass is 9.99. The van der Waals surface area contributed by atoms with Gasteiger partial charge in [-0.2, -0.15) is 5.10 Å². The van der Waals surface area contributed by atoms with Crippen molar-refractivity contribution in [1.29, 1.82) is 0 Å². The van der Waals surface area contributed by atoms with Gasteiger partial charge < -0.3 is 5.73 Å². The predicted molar refractivity (Wildman–Crippen MR) is 83.7 cm³/mol. The molecular weight excluding hydrogens is 262 g/mol. The van der Waals surface area contributed by atoms with Gasteiger partial charge in [0.15, 0.2) is 0 Å². The normalized spacial score (nSPS) is 21.0. The van der Waals surface area contributed by atoms with E-state index in [0.29, 0.717) is 12.1 Å². The van der Waals surface area contributed by atoms with E-state index in [0.717, 1.165) is 25.0 Å². The summed E-state index contributed by atoms with van der Waals surface area (Å²) in [4.78, 5) is 12.0. The molecule has 3 rings (SSSR count). The van der Waals surface area contributed by atoms with Crippen molar-refractivity contribution in [2.24, 2.45) is 5.73 Å². The van der Waals surface area contributed by atoms with Gasteiger partial charge in [0.2, 0.25) is 5.43 Å². The number of hydrogen-bond donors (Lipinski definition) is 1. The zero-order valence-electron chi connectivity index (χ0n) is 11.9. The quantitative estimate of drug-likeness (QED) is 0.925. The molecule has 1 unspecified atom stereocenters. The van der Waals surface area contributed by atoms with Crippen molar-refractivity contribution < 1.29 is 0 Å². The smallest absolute Gasteiger partial charge is 0.203 e. The third-order valence-electron chi connectivity index (χ3n) is 3.81. The number of nitrogens with two attached hydrogens (primary N) is 1. The third kappa shape index (κ3) is 3.21. The minimum absolute atomic E-state index is 0.00407. The molecule has 1 aromatic rings. The van der Waals surface area contributed by atoms with Crippen LogP contribution in [-0.2, 0) is 6.42 Å². The fourth-order valence-corrected chi connectivity index (χ4v) is 2.68. The van der Waals surface area contributed by atoms with E-state index in [9.17, 15) is 4.79 Å². The van der Waals surface area contributed by atoms with Gasteiger partial charge in [-0.25, -0.2) is 0 Å². The highest BCUT2D eigenvalue weighted by Gasteiger charge is 2.12. The first-order chi connectivity index (χ1) is 10.2. The fraction of sp³-hybridized carbons (Fsp3) is 0.294. The van der Waals surface area contributed by atoms with Crippen molar-refractivity contribution in [3.8, 4) is 0 Å². The summed E-state index contributed by atoms with van der Waals surface area (Å²) in [5, 5.41) is 4.53. The van der Waals surface area contributed by atoms with Gasteiger partial charge in [-0.3, -0.25) is 9.48 Å². The molecule has 0 aromatic carbocycles. The minimum Gasteiger partial charge on any atom is -0.399 e. The lowest BCUT2D eigenvalue weighted by Crippen LogP contribution is -2.20. The van der Waals surface area contributed by atoms with Gasteiger partial charge in [0.25, 0.3) is 0 Å². The summed E-state index contributed by atoms with van der Waals surface area (Å²) in [6, 6.07) is 1.80. The maximum atomic E-state index is 12.0. The molecule has 1 atom stereocenters. The molecule has 4 nitrogen and oxygen atoms in total. The summed E-state index contributed by atoms with van der Waals surface area (Å²) in [6.07, 6.45) is 17.4. The molecule has 0 aliphatic heterocycles. The van der Waals surface area contributed by atoms with Crippen LogP contribution in [0, 0.1) is 0 Å². The SMILES string of the molecule is NC1=CCCC(Cc2nn(C3C=CC=CC3)ccc2=O)=C1. The Bertz CT molecular complexity index is 707. The predicted octanol–water partition coefficient (Wildman–Crippen LogP) is 2.41. The molecule has 0 saturated carbocycles. The van der Waals surface area contributed by atoms with Crippen molar-refractivity contribution in [3.63, 3.8) is 0 Å². The highest BCUT2D eigenvalue weighted by atomic mass is 16.1. The molecule has 0 fully saturated rings. The van der Waals surface area contributed by atoms with Crippen molar-refractivity contribution in [2.45, 2.75) is 31.7 Å². The van der Waals surface area contributed by atoms with Gasteiger partial charge in [-0.1, -0.05) is 36.0 Å². The first-order valence-corrected chi connectivity index (χ1v) is 7.29. The zero-order valence-corrected chi connectivity index (χ0v) is 11.9. The van der Waals surface area contributed by atoms with E-state index >= 15 is 0 Å². The third-order valence-corrected chi connectivity index (χ3v) is 3.81. The van der Waals surface area contributed by atoms with Crippen LogP contribution in [0.5, 0.6) is 0 Å². The first-order valence-electron chi connectivity index (χ1n) is 7.29. The zero-order chi connectivity index (χ0) is 14.7. The molecule has 108 valence electrons. The Morgan fingerprint density at radius 2 is 2.29 bits per heavy atom. The van der Waals surface area contributed by atoms with Gasteiger partial charge in [0.05, 0.1) is 6.04 Å². The van der Waals surface area contributed by atoms with Gasteiger partial charge >= 0.3 is 0 Å². The summed E-state index contributed by atoms with van der Waals surface area (Å²) in [5.41, 5.74) is 8.38. The van der Waals surface area contributed by atoms with Crippen LogP contribution in [-0.4, -0.2) is 9.78 Å². The Balaban J connectivity index is 1.85. The molecule has 4 heteroatoms. The second-order valence-electron chi connectivity index (χ2n) is 5.44. The number of allylic oxidation sites excluding steroid dienone is 7. The Labute approximate surface area is 124 Å². The monoisotopic (exact) mass is 281 g/mol. The minimum atomic E-state index is -0.00407. The standard InChI is InChI=1S/C17H19N3O/c18-14-6-4-5-13(11-14)12-16-17(21)9-10-20(19-16)15-7-2-1-3-8-15/h1-3,6-7,9-11,15H,4-5,8,12,18H2. The van der Waals surface area contributed by atoms with E-state index < -0.39 is 0 Å². The molecule has 1 heterocycles. The van der Waals surface area contributed by atoms with Crippen LogP contribution in [0.1, 0.15) is 31.0 Å². The lowest BCUT2D eigenvalue weighted by Gasteiger charge is -2.17. The summed E-state index contributed by atoms with van der Waals surface area (Å²) >= 11 is 0. The van der Waals surface area contributed by atoms with E-state index in [4.69, 9.17) is 5.73 Å². The van der Waals surface area contributed by atoms with Gasteiger partial charge in [-0.15, -0.1) is 0 Å². The van der Waals surface area contributed by atoms with E-state index in [2.05, 4.69) is 17.3 Å². The fourth-order valence-electron chi connectivity index (χ4n) is 2.68. The van der Waals surface area contributed by atoms with Crippen molar-refractivity contribution >= 4 is 0 Å². The molecule has 1 aromatic heterocycles. The summed E-state index contributed by atoms with van der Waals surface area (Å²) in [6.45, 7) is 0. The van der Waals surface area contributed by atoms with Crippen LogP contribution >= 0.6 is 0 Å². The topological polar surface area (TPSA) is 60.9 Å². The Morgan fingerprint density at radius 1 is 1.38 bits per heavy atom. The molecule has 21 heavy (non-hydrogen) atoms. The number of aromatic nitrogens is 2. The first kappa shape index (κ1) is 13.6. The Hall–Kier alpha value is -2.36. The average molecular weight is 281 g/mol. The van der Waals surface area contributed by atoms with E-state index in [-0.39, 0.29) is 11.5 Å². The highest BCUT2D eigenvalue weighted by Crippen LogP contribution is 2.19. The maximum Gasteiger partial charge on any atom is 0.203 e. The maximum absolute atomic E-state index is 12.0. The molecule has 2 N–H and O–H groups in total. The van der Waals surface area contributed by atoms with Crippen molar-refractivity contribution in [3.05, 3.63) is 75.9 Å². The number of nitrogens with zero attached hydrogens (tertiary/aromatic N) is 2. The summed E-state index contributed by atoms with van der Waals surface area (Å²) in [7, 11) is 0. The second kappa shape index (κ2) is 5.95. The molecule has 0 bridgehead atoms. The Morgan fingerprint density at radius 3 is 3.05 bits per heavy atom. The molecular formula is C17H19N3O. The lowest BCUT2D eigenvalue weighted by molar-refractivity contribution is 0.517. The number of hydrogen-bond acceptors (Lipinski definition) is 3. The highest BCUT2D eigenvalue weighted by molar-refractivity contribution is 5.28. The summed E-state index contributed by atoms with van der Waals surface area (Å²) in [5.74, 6) is 0. The van der Waals surface area contributed by atoms with Crippen molar-refractivity contribution in [2.75, 3.05) is 0 Å². The van der Waals surface area contributed by atoms with Crippen LogP contribution < -0.4 is 11.2 Å². The van der Waals surface area contributed by atoms with Gasteiger partial charge in [0, 0.05) is 24.4 Å². The molecule has 0 spiro atoms. The molecule has 0 saturated heterocycles. The molecule has 2 aliphatic rings. The largest absolute Gasteiger partial charge is 0.399 e. The van der Waals surface area contributed by atoms with Gasteiger partial charge in [0.1, 0.15) is 5.69 Å². The second-order valence-corrected chi connectivity index (χ2v) is 5.44. The van der Waals surface area contributed by atoms with E-state index in [1.54, 1.807) is 12.3 Å². The van der Waals surface area contributed by atoms with Gasteiger partial charge in [-0.05, 0) is 25.3 Å². The van der Waals surface area contributed by atoms with Crippen LogP contribution in [0.4, 0.5) is 0 Å². The van der Waals surface area contributed by atoms with Crippen LogP contribution in [0.25, 0.3) is 0 Å². The molecule has 2 aliphatic carbocycles. The molecule has 0 radical (unpaired) electrons. The Kier molecular flexibility index (Phi) is 3.86. The van der Waals surface area contributed by atoms with Crippen LogP contribution in [0.15, 0.2) is 64.8 Å². The van der Waals surface area contributed by atoms with Crippen LogP contribution in [0.2, 0.25) is 0 Å². The average Bonchev–Trinajstić information content (AvgIpc) is 2.50. The summed E-state index contributed by atoms with van der Waals surface area (Å²) < 4.78 is 1.87. The molecule has 0 amide bonds. The van der Waals surface area contributed by atoms with E-state index in [1.807, 2.05) is 29.0 Å². The van der Waals surface area contributed by atoms with Crippen molar-refractivity contribution in [1.82, 2.24) is 9.78 Å².